The van der Waals surface area contributed by atoms with Gasteiger partial charge >= 0.3 is 0 Å². The zero-order chi connectivity index (χ0) is 12.3. The van der Waals surface area contributed by atoms with E-state index >= 15 is 0 Å². The highest BCUT2D eigenvalue weighted by molar-refractivity contribution is 5.59. The summed E-state index contributed by atoms with van der Waals surface area (Å²) in [7, 11) is 0. The smallest absolute Gasteiger partial charge is 0.270 e. The van der Waals surface area contributed by atoms with Crippen LogP contribution in [0.15, 0.2) is 34.9 Å². The molecule has 6 heteroatoms. The molecule has 1 heterocycles. The highest BCUT2D eigenvalue weighted by Crippen LogP contribution is 2.21. The van der Waals surface area contributed by atoms with Crippen LogP contribution >= 0.6 is 0 Å². The van der Waals surface area contributed by atoms with E-state index in [1.807, 2.05) is 6.92 Å². The molecule has 0 aliphatic carbocycles. The average Bonchev–Trinajstić information content (AvgIpc) is 2.78. The van der Waals surface area contributed by atoms with Gasteiger partial charge in [0, 0.05) is 17.7 Å². The number of benzene rings is 1. The van der Waals surface area contributed by atoms with Crippen LogP contribution in [0, 0.1) is 10.1 Å². The number of hydrogen-bond donors (Lipinski definition) is 0. The van der Waals surface area contributed by atoms with Crippen LogP contribution in [0.1, 0.15) is 12.8 Å². The third-order valence-electron chi connectivity index (χ3n) is 2.07. The zero-order valence-electron chi connectivity index (χ0n) is 9.03. The van der Waals surface area contributed by atoms with Crippen LogP contribution in [-0.4, -0.2) is 15.1 Å². The third-order valence-corrected chi connectivity index (χ3v) is 2.07. The third kappa shape index (κ3) is 2.36. The van der Waals surface area contributed by atoms with Gasteiger partial charge in [-0.3, -0.25) is 10.1 Å². The predicted molar refractivity (Wildman–Crippen MR) is 61.1 cm³/mol. The Kier molecular flexibility index (Phi) is 2.95. The van der Waals surface area contributed by atoms with E-state index < -0.39 is 4.92 Å². The lowest BCUT2D eigenvalue weighted by Gasteiger charge is -1.93. The number of nitro benzene ring substituents is 1. The molecule has 0 bridgehead atoms. The van der Waals surface area contributed by atoms with Gasteiger partial charge in [0.1, 0.15) is 0 Å². The molecule has 0 amide bonds. The van der Waals surface area contributed by atoms with E-state index in [0.29, 0.717) is 17.3 Å². The summed E-state index contributed by atoms with van der Waals surface area (Å²) in [6.07, 6.45) is 3.43. The second-order valence-corrected chi connectivity index (χ2v) is 3.26. The van der Waals surface area contributed by atoms with Crippen molar-refractivity contribution in [3.05, 3.63) is 46.3 Å². The van der Waals surface area contributed by atoms with E-state index in [2.05, 4.69) is 10.1 Å². The van der Waals surface area contributed by atoms with Crippen molar-refractivity contribution in [1.29, 1.82) is 0 Å². The summed E-state index contributed by atoms with van der Waals surface area (Å²) in [4.78, 5) is 14.2. The molecule has 0 saturated carbocycles. The fourth-order valence-corrected chi connectivity index (χ4v) is 1.32. The van der Waals surface area contributed by atoms with Crippen molar-refractivity contribution >= 4 is 11.8 Å². The second-order valence-electron chi connectivity index (χ2n) is 3.26. The standard InChI is InChI=1S/C11H9N3O3/c1-2-4-10-12-11(13-17-10)8-5-3-6-9(7-8)14(15)16/h2-7H,1H3/b4-2+. The lowest BCUT2D eigenvalue weighted by atomic mass is 10.2. The van der Waals surface area contributed by atoms with Gasteiger partial charge in [-0.25, -0.2) is 0 Å². The number of allylic oxidation sites excluding steroid dienone is 1. The first-order valence-corrected chi connectivity index (χ1v) is 4.92. The monoisotopic (exact) mass is 231 g/mol. The summed E-state index contributed by atoms with van der Waals surface area (Å²) in [6, 6.07) is 6.09. The lowest BCUT2D eigenvalue weighted by molar-refractivity contribution is -0.384. The maximum Gasteiger partial charge on any atom is 0.270 e. The number of nitro groups is 1. The van der Waals surface area contributed by atoms with Crippen LogP contribution in [0.4, 0.5) is 5.69 Å². The quantitative estimate of drug-likeness (QED) is 0.599. The molecule has 86 valence electrons. The molecular weight excluding hydrogens is 222 g/mol. The number of rotatable bonds is 3. The van der Waals surface area contributed by atoms with Crippen molar-refractivity contribution in [3.63, 3.8) is 0 Å². The van der Waals surface area contributed by atoms with Gasteiger partial charge in [-0.2, -0.15) is 4.98 Å². The Bertz CT molecular complexity index is 575. The number of aromatic nitrogens is 2. The lowest BCUT2D eigenvalue weighted by Crippen LogP contribution is -1.88. The Hall–Kier alpha value is -2.50. The molecule has 17 heavy (non-hydrogen) atoms. The average molecular weight is 231 g/mol. The molecule has 1 aromatic carbocycles. The summed E-state index contributed by atoms with van der Waals surface area (Å²) in [5.74, 6) is 0.704. The molecule has 1 aromatic heterocycles. The van der Waals surface area contributed by atoms with E-state index in [1.54, 1.807) is 24.3 Å². The van der Waals surface area contributed by atoms with E-state index in [0.717, 1.165) is 0 Å². The highest BCUT2D eigenvalue weighted by atomic mass is 16.6. The largest absolute Gasteiger partial charge is 0.334 e. The van der Waals surface area contributed by atoms with Crippen LogP contribution in [0.25, 0.3) is 17.5 Å². The van der Waals surface area contributed by atoms with Crippen molar-refractivity contribution in [3.8, 4) is 11.4 Å². The summed E-state index contributed by atoms with van der Waals surface area (Å²) < 4.78 is 4.94. The predicted octanol–water partition coefficient (Wildman–Crippen LogP) is 2.68. The first-order chi connectivity index (χ1) is 8.20. The number of nitrogens with zero attached hydrogens (tertiary/aromatic N) is 3. The summed E-state index contributed by atoms with van der Waals surface area (Å²) in [6.45, 7) is 1.83. The van der Waals surface area contributed by atoms with E-state index in [9.17, 15) is 10.1 Å². The molecule has 6 nitrogen and oxygen atoms in total. The molecule has 2 rings (SSSR count). The summed E-state index contributed by atoms with van der Waals surface area (Å²) >= 11 is 0. The molecule has 0 N–H and O–H groups in total. The number of non-ortho nitro benzene ring substituents is 1. The zero-order valence-corrected chi connectivity index (χ0v) is 9.03. The summed E-state index contributed by atoms with van der Waals surface area (Å²) in [5, 5.41) is 14.4. The maximum atomic E-state index is 10.6. The van der Waals surface area contributed by atoms with Gasteiger partial charge in [0.05, 0.1) is 4.92 Å². The molecular formula is C11H9N3O3. The van der Waals surface area contributed by atoms with Crippen molar-refractivity contribution < 1.29 is 9.45 Å². The van der Waals surface area contributed by atoms with E-state index in [4.69, 9.17) is 4.52 Å². The second kappa shape index (κ2) is 4.56. The van der Waals surface area contributed by atoms with Crippen molar-refractivity contribution in [2.45, 2.75) is 6.92 Å². The highest BCUT2D eigenvalue weighted by Gasteiger charge is 2.11. The molecule has 0 aliphatic heterocycles. The minimum Gasteiger partial charge on any atom is -0.334 e. The van der Waals surface area contributed by atoms with E-state index in [1.165, 1.54) is 12.1 Å². The molecule has 0 aliphatic rings. The molecule has 2 aromatic rings. The van der Waals surface area contributed by atoms with Crippen molar-refractivity contribution in [2.24, 2.45) is 0 Å². The molecule has 0 spiro atoms. The van der Waals surface area contributed by atoms with Gasteiger partial charge in [-0.1, -0.05) is 23.4 Å². The summed E-state index contributed by atoms with van der Waals surface area (Å²) in [5.41, 5.74) is 0.554. The molecule has 0 atom stereocenters. The Labute approximate surface area is 96.7 Å². The van der Waals surface area contributed by atoms with Gasteiger partial charge in [-0.15, -0.1) is 0 Å². The van der Waals surface area contributed by atoms with Crippen LogP contribution in [0.3, 0.4) is 0 Å². The maximum absolute atomic E-state index is 10.6. The van der Waals surface area contributed by atoms with Gasteiger partial charge < -0.3 is 4.52 Å². The number of hydrogen-bond acceptors (Lipinski definition) is 5. The van der Waals surface area contributed by atoms with Gasteiger partial charge in [0.25, 0.3) is 11.6 Å². The van der Waals surface area contributed by atoms with Gasteiger partial charge in [-0.05, 0) is 13.0 Å². The minimum absolute atomic E-state index is 0.000108. The first-order valence-electron chi connectivity index (χ1n) is 4.92. The molecule has 0 fully saturated rings. The Morgan fingerprint density at radius 2 is 2.29 bits per heavy atom. The van der Waals surface area contributed by atoms with Crippen LogP contribution in [0.2, 0.25) is 0 Å². The van der Waals surface area contributed by atoms with Crippen molar-refractivity contribution in [2.75, 3.05) is 0 Å². The normalized spacial score (nSPS) is 10.9. The van der Waals surface area contributed by atoms with Crippen LogP contribution < -0.4 is 0 Å². The fraction of sp³-hybridized carbons (Fsp3) is 0.0909. The van der Waals surface area contributed by atoms with Crippen LogP contribution in [0.5, 0.6) is 0 Å². The Balaban J connectivity index is 2.38. The topological polar surface area (TPSA) is 82.1 Å². The molecule has 0 radical (unpaired) electrons. The van der Waals surface area contributed by atoms with Crippen LogP contribution in [-0.2, 0) is 0 Å². The van der Waals surface area contributed by atoms with E-state index in [-0.39, 0.29) is 5.69 Å². The fourth-order valence-electron chi connectivity index (χ4n) is 1.32. The minimum atomic E-state index is -0.462. The molecule has 0 saturated heterocycles. The van der Waals surface area contributed by atoms with Gasteiger partial charge in [0.2, 0.25) is 5.82 Å². The first kappa shape index (κ1) is 11.0. The van der Waals surface area contributed by atoms with Crippen molar-refractivity contribution in [1.82, 2.24) is 10.1 Å². The molecule has 0 unspecified atom stereocenters. The van der Waals surface area contributed by atoms with Gasteiger partial charge in [0.15, 0.2) is 0 Å². The Morgan fingerprint density at radius 3 is 3.00 bits per heavy atom. The Morgan fingerprint density at radius 1 is 1.47 bits per heavy atom. The SMILES string of the molecule is C/C=C/c1nc(-c2cccc([N+](=O)[O-])c2)no1.